The maximum absolute atomic E-state index is 11.4. The predicted octanol–water partition coefficient (Wildman–Crippen LogP) is 2.26. The van der Waals surface area contributed by atoms with E-state index in [2.05, 4.69) is 4.98 Å². The fourth-order valence-corrected chi connectivity index (χ4v) is 2.25. The molecule has 1 aromatic carbocycles. The Kier molecular flexibility index (Phi) is 4.32. The van der Waals surface area contributed by atoms with Crippen molar-refractivity contribution in [1.82, 2.24) is 4.98 Å². The molecule has 1 heterocycles. The molecule has 7 heteroatoms. The average molecular weight is 308 g/mol. The third kappa shape index (κ3) is 3.85. The second-order valence-electron chi connectivity index (χ2n) is 4.32. The molecule has 0 unspecified atom stereocenters. The third-order valence-electron chi connectivity index (χ3n) is 2.62. The van der Waals surface area contributed by atoms with Crippen molar-refractivity contribution >= 4 is 15.5 Å². The molecule has 0 saturated heterocycles. The topological polar surface area (TPSA) is 91.5 Å². The molecule has 6 nitrogen and oxygen atoms in total. The van der Waals surface area contributed by atoms with Crippen LogP contribution < -0.4 is 15.2 Å². The van der Waals surface area contributed by atoms with Crippen LogP contribution in [0.5, 0.6) is 17.5 Å². The van der Waals surface area contributed by atoms with Crippen LogP contribution in [0.4, 0.5) is 5.69 Å². The van der Waals surface area contributed by atoms with Gasteiger partial charge in [0.05, 0.1) is 17.2 Å². The summed E-state index contributed by atoms with van der Waals surface area (Å²) in [5.74, 6) is 1.10. The summed E-state index contributed by atoms with van der Waals surface area (Å²) in [7, 11) is -3.22. The predicted molar refractivity (Wildman–Crippen MR) is 79.4 cm³/mol. The monoisotopic (exact) mass is 308 g/mol. The van der Waals surface area contributed by atoms with Crippen molar-refractivity contribution in [3.8, 4) is 17.5 Å². The van der Waals surface area contributed by atoms with Crippen molar-refractivity contribution in [2.45, 2.75) is 11.8 Å². The minimum Gasteiger partial charge on any atom is -0.476 e. The number of hydrogen-bond acceptors (Lipinski definition) is 6. The summed E-state index contributed by atoms with van der Waals surface area (Å²) in [4.78, 5) is 4.37. The number of sulfone groups is 1. The molecule has 2 aromatic rings. The number of nitrogens with two attached hydrogens (primary N) is 1. The van der Waals surface area contributed by atoms with Gasteiger partial charge in [-0.05, 0) is 37.3 Å². The Morgan fingerprint density at radius 1 is 1.14 bits per heavy atom. The molecule has 0 bridgehead atoms. The Hall–Kier alpha value is -2.28. The van der Waals surface area contributed by atoms with Gasteiger partial charge in [0.1, 0.15) is 5.75 Å². The summed E-state index contributed by atoms with van der Waals surface area (Å²) in [5, 5.41) is 0. The molecule has 0 aliphatic rings. The molecule has 0 spiro atoms. The second-order valence-corrected chi connectivity index (χ2v) is 6.34. The molecule has 0 fully saturated rings. The molecule has 0 aliphatic carbocycles. The Morgan fingerprint density at radius 2 is 1.81 bits per heavy atom. The van der Waals surface area contributed by atoms with E-state index in [4.69, 9.17) is 15.2 Å². The van der Waals surface area contributed by atoms with Crippen LogP contribution in [0.25, 0.3) is 0 Å². The van der Waals surface area contributed by atoms with Gasteiger partial charge in [-0.25, -0.2) is 8.42 Å². The van der Waals surface area contributed by atoms with E-state index >= 15 is 0 Å². The number of pyridine rings is 1. The highest BCUT2D eigenvalue weighted by molar-refractivity contribution is 7.90. The van der Waals surface area contributed by atoms with Gasteiger partial charge in [0.25, 0.3) is 0 Å². The lowest BCUT2D eigenvalue weighted by Gasteiger charge is -2.09. The quantitative estimate of drug-likeness (QED) is 0.911. The summed E-state index contributed by atoms with van der Waals surface area (Å²) in [6.07, 6.45) is 1.15. The second kappa shape index (κ2) is 6.01. The standard InChI is InChI=1S/C14H16N2O4S/c1-3-19-14-12(15)8-9-13(16-14)20-10-4-6-11(7-5-10)21(2,17)18/h4-9H,3,15H2,1-2H3. The van der Waals surface area contributed by atoms with Crippen LogP contribution in [-0.4, -0.2) is 26.3 Å². The molecule has 21 heavy (non-hydrogen) atoms. The number of benzene rings is 1. The number of ether oxygens (including phenoxy) is 2. The fraction of sp³-hybridized carbons (Fsp3) is 0.214. The van der Waals surface area contributed by atoms with Crippen molar-refractivity contribution in [2.75, 3.05) is 18.6 Å². The summed E-state index contributed by atoms with van der Waals surface area (Å²) in [6.45, 7) is 2.28. The molecular formula is C14H16N2O4S. The normalized spacial score (nSPS) is 11.1. The molecule has 0 aliphatic heterocycles. The van der Waals surface area contributed by atoms with E-state index in [0.29, 0.717) is 29.8 Å². The molecule has 1 aromatic heterocycles. The number of nitrogen functional groups attached to an aromatic ring is 1. The van der Waals surface area contributed by atoms with Gasteiger partial charge in [-0.3, -0.25) is 0 Å². The van der Waals surface area contributed by atoms with Crippen LogP contribution in [0, 0.1) is 0 Å². The number of nitrogens with zero attached hydrogens (tertiary/aromatic N) is 1. The summed E-state index contributed by atoms with van der Waals surface area (Å²) < 4.78 is 33.6. The Morgan fingerprint density at radius 3 is 2.38 bits per heavy atom. The molecule has 112 valence electrons. The lowest BCUT2D eigenvalue weighted by Crippen LogP contribution is -2.00. The summed E-state index contributed by atoms with van der Waals surface area (Å²) in [6, 6.07) is 9.33. The van der Waals surface area contributed by atoms with E-state index in [0.717, 1.165) is 6.26 Å². The zero-order valence-electron chi connectivity index (χ0n) is 11.7. The highest BCUT2D eigenvalue weighted by Gasteiger charge is 2.08. The van der Waals surface area contributed by atoms with Crippen molar-refractivity contribution in [3.63, 3.8) is 0 Å². The molecule has 0 atom stereocenters. The lowest BCUT2D eigenvalue weighted by atomic mass is 10.3. The van der Waals surface area contributed by atoms with E-state index < -0.39 is 9.84 Å². The number of anilines is 1. The number of aromatic nitrogens is 1. The van der Waals surface area contributed by atoms with Gasteiger partial charge in [-0.15, -0.1) is 0 Å². The number of rotatable bonds is 5. The van der Waals surface area contributed by atoms with E-state index in [9.17, 15) is 8.42 Å². The minimum atomic E-state index is -3.22. The first-order chi connectivity index (χ1) is 9.90. The molecule has 2 rings (SSSR count). The molecule has 0 saturated carbocycles. The van der Waals surface area contributed by atoms with E-state index in [-0.39, 0.29) is 4.90 Å². The van der Waals surface area contributed by atoms with Gasteiger partial charge in [-0.2, -0.15) is 4.98 Å². The minimum absolute atomic E-state index is 0.232. The van der Waals surface area contributed by atoms with Crippen molar-refractivity contribution < 1.29 is 17.9 Å². The van der Waals surface area contributed by atoms with E-state index in [1.54, 1.807) is 24.3 Å². The first-order valence-electron chi connectivity index (χ1n) is 6.27. The van der Waals surface area contributed by atoms with Gasteiger partial charge in [0.2, 0.25) is 11.8 Å². The van der Waals surface area contributed by atoms with Crippen LogP contribution in [0.3, 0.4) is 0 Å². The maximum Gasteiger partial charge on any atom is 0.240 e. The van der Waals surface area contributed by atoms with Crippen LogP contribution in [0.1, 0.15) is 6.92 Å². The molecule has 2 N–H and O–H groups in total. The van der Waals surface area contributed by atoms with Crippen LogP contribution in [-0.2, 0) is 9.84 Å². The average Bonchev–Trinajstić information content (AvgIpc) is 2.42. The molecule has 0 radical (unpaired) electrons. The van der Waals surface area contributed by atoms with Crippen molar-refractivity contribution in [2.24, 2.45) is 0 Å². The lowest BCUT2D eigenvalue weighted by molar-refractivity contribution is 0.323. The first kappa shape index (κ1) is 15.1. The Labute approximate surface area is 123 Å². The van der Waals surface area contributed by atoms with Gasteiger partial charge in [-0.1, -0.05) is 0 Å². The molecule has 0 amide bonds. The van der Waals surface area contributed by atoms with Gasteiger partial charge in [0, 0.05) is 12.3 Å². The van der Waals surface area contributed by atoms with Crippen LogP contribution >= 0.6 is 0 Å². The van der Waals surface area contributed by atoms with Gasteiger partial charge < -0.3 is 15.2 Å². The SMILES string of the molecule is CCOc1nc(Oc2ccc(S(C)(=O)=O)cc2)ccc1N. The largest absolute Gasteiger partial charge is 0.476 e. The highest BCUT2D eigenvalue weighted by Crippen LogP contribution is 2.26. The van der Waals surface area contributed by atoms with Gasteiger partial charge >= 0.3 is 0 Å². The maximum atomic E-state index is 11.4. The third-order valence-corrected chi connectivity index (χ3v) is 3.75. The van der Waals surface area contributed by atoms with Gasteiger partial charge in [0.15, 0.2) is 9.84 Å². The van der Waals surface area contributed by atoms with Crippen molar-refractivity contribution in [1.29, 1.82) is 0 Å². The Balaban J connectivity index is 2.20. The summed E-state index contributed by atoms with van der Waals surface area (Å²) in [5.41, 5.74) is 6.15. The fourth-order valence-electron chi connectivity index (χ4n) is 1.62. The highest BCUT2D eigenvalue weighted by atomic mass is 32.2. The molecular weight excluding hydrogens is 292 g/mol. The number of hydrogen-bond donors (Lipinski definition) is 1. The first-order valence-corrected chi connectivity index (χ1v) is 8.16. The zero-order valence-corrected chi connectivity index (χ0v) is 12.6. The van der Waals surface area contributed by atoms with E-state index in [1.807, 2.05) is 6.92 Å². The smallest absolute Gasteiger partial charge is 0.240 e. The Bertz CT molecular complexity index is 727. The zero-order chi connectivity index (χ0) is 15.5. The van der Waals surface area contributed by atoms with Crippen LogP contribution in [0.15, 0.2) is 41.3 Å². The van der Waals surface area contributed by atoms with Crippen molar-refractivity contribution in [3.05, 3.63) is 36.4 Å². The summed E-state index contributed by atoms with van der Waals surface area (Å²) >= 11 is 0. The van der Waals surface area contributed by atoms with Crippen LogP contribution in [0.2, 0.25) is 0 Å². The van der Waals surface area contributed by atoms with E-state index in [1.165, 1.54) is 12.1 Å².